The summed E-state index contributed by atoms with van der Waals surface area (Å²) in [5.74, 6) is 0.371. The summed E-state index contributed by atoms with van der Waals surface area (Å²) in [7, 11) is 1.42. The number of hydrogen-bond donors (Lipinski definition) is 1. The molecule has 0 atom stereocenters. The first-order chi connectivity index (χ1) is 7.20. The molecule has 2 rings (SSSR count). The average molecular weight is 227 g/mol. The van der Waals surface area contributed by atoms with Gasteiger partial charge in [-0.1, -0.05) is 0 Å². The molecule has 1 aromatic rings. The van der Waals surface area contributed by atoms with E-state index in [1.165, 1.54) is 24.9 Å². The van der Waals surface area contributed by atoms with Crippen LogP contribution in [0, 0.1) is 5.82 Å². The molecule has 0 aromatic heterocycles. The predicted octanol–water partition coefficient (Wildman–Crippen LogP) is 2.27. The minimum absolute atomic E-state index is 0.0779. The molecule has 0 saturated carbocycles. The molecule has 1 aliphatic rings. The summed E-state index contributed by atoms with van der Waals surface area (Å²) in [5, 5.41) is 2.66. The zero-order valence-corrected chi connectivity index (χ0v) is 8.99. The monoisotopic (exact) mass is 227 g/mol. The number of nitrogens with one attached hydrogen (secondary N) is 1. The molecule has 80 valence electrons. The molecular formula is C10H10FNO2S. The first-order valence-electron chi connectivity index (χ1n) is 4.51. The number of ether oxygens (including phenoxy) is 1. The number of methoxy groups -OCH3 is 1. The second-order valence-electron chi connectivity index (χ2n) is 3.13. The molecule has 0 radical (unpaired) electrons. The molecule has 1 aliphatic heterocycles. The summed E-state index contributed by atoms with van der Waals surface area (Å²) in [6.07, 6.45) is 0.448. The fourth-order valence-corrected chi connectivity index (χ4v) is 2.34. The summed E-state index contributed by atoms with van der Waals surface area (Å²) in [6, 6.07) is 2.91. The van der Waals surface area contributed by atoms with E-state index in [-0.39, 0.29) is 11.7 Å². The van der Waals surface area contributed by atoms with Crippen molar-refractivity contribution in [3.63, 3.8) is 0 Å². The number of thioether (sulfide) groups is 1. The third kappa shape index (κ3) is 2.07. The maximum atomic E-state index is 13.4. The van der Waals surface area contributed by atoms with E-state index in [9.17, 15) is 9.18 Å². The number of benzene rings is 1. The van der Waals surface area contributed by atoms with Crippen LogP contribution in [0.3, 0.4) is 0 Å². The van der Waals surface area contributed by atoms with Gasteiger partial charge in [-0.3, -0.25) is 4.79 Å². The van der Waals surface area contributed by atoms with Gasteiger partial charge in [-0.05, 0) is 6.07 Å². The fourth-order valence-electron chi connectivity index (χ4n) is 1.37. The number of hydrogen-bond acceptors (Lipinski definition) is 3. The van der Waals surface area contributed by atoms with Crippen LogP contribution in [0.2, 0.25) is 0 Å². The number of fused-ring (bicyclic) bond motifs is 1. The fraction of sp³-hybridized carbons (Fsp3) is 0.300. The largest absolute Gasteiger partial charge is 0.494 e. The van der Waals surface area contributed by atoms with Crippen LogP contribution in [-0.2, 0) is 4.79 Å². The van der Waals surface area contributed by atoms with Crippen molar-refractivity contribution in [2.75, 3.05) is 18.2 Å². The molecule has 0 saturated heterocycles. The molecule has 1 heterocycles. The first-order valence-corrected chi connectivity index (χ1v) is 5.49. The van der Waals surface area contributed by atoms with Crippen LogP contribution in [0.4, 0.5) is 10.1 Å². The Balaban J connectivity index is 2.44. The van der Waals surface area contributed by atoms with E-state index >= 15 is 0 Å². The molecule has 0 bridgehead atoms. The standard InChI is InChI=1S/C10H10FNO2S/c1-14-8-5-9-7(4-6(8)11)12-10(13)2-3-15-9/h4-5H,2-3H2,1H3,(H,12,13). The highest BCUT2D eigenvalue weighted by atomic mass is 32.2. The van der Waals surface area contributed by atoms with E-state index in [0.29, 0.717) is 17.9 Å². The van der Waals surface area contributed by atoms with Crippen molar-refractivity contribution < 1.29 is 13.9 Å². The van der Waals surface area contributed by atoms with E-state index in [1.807, 2.05) is 0 Å². The molecule has 3 nitrogen and oxygen atoms in total. The van der Waals surface area contributed by atoms with Crippen molar-refractivity contribution >= 4 is 23.4 Å². The number of halogens is 1. The van der Waals surface area contributed by atoms with Gasteiger partial charge in [-0.25, -0.2) is 4.39 Å². The van der Waals surface area contributed by atoms with Gasteiger partial charge in [0.05, 0.1) is 12.8 Å². The number of rotatable bonds is 1. The highest BCUT2D eigenvalue weighted by molar-refractivity contribution is 7.99. The lowest BCUT2D eigenvalue weighted by atomic mass is 10.2. The van der Waals surface area contributed by atoms with Crippen molar-refractivity contribution in [3.05, 3.63) is 17.9 Å². The first kappa shape index (κ1) is 10.3. The molecule has 1 amide bonds. The molecule has 5 heteroatoms. The highest BCUT2D eigenvalue weighted by Crippen LogP contribution is 2.35. The Hall–Kier alpha value is -1.23. The highest BCUT2D eigenvalue weighted by Gasteiger charge is 2.16. The van der Waals surface area contributed by atoms with E-state index in [2.05, 4.69) is 5.32 Å². The number of carbonyl (C=O) groups is 1. The normalized spacial score (nSPS) is 15.2. The lowest BCUT2D eigenvalue weighted by molar-refractivity contribution is -0.115. The van der Waals surface area contributed by atoms with Gasteiger partial charge in [0.1, 0.15) is 0 Å². The Kier molecular flexibility index (Phi) is 2.81. The average Bonchev–Trinajstić information content (AvgIpc) is 2.37. The zero-order chi connectivity index (χ0) is 10.8. The molecule has 0 spiro atoms. The molecule has 1 aromatic carbocycles. The summed E-state index contributed by atoms with van der Waals surface area (Å²) in [5.41, 5.74) is 0.529. The lowest BCUT2D eigenvalue weighted by Gasteiger charge is -2.09. The zero-order valence-electron chi connectivity index (χ0n) is 8.17. The smallest absolute Gasteiger partial charge is 0.225 e. The molecule has 0 unspecified atom stereocenters. The second-order valence-corrected chi connectivity index (χ2v) is 4.27. The third-order valence-corrected chi connectivity index (χ3v) is 3.17. The van der Waals surface area contributed by atoms with Gasteiger partial charge >= 0.3 is 0 Å². The maximum absolute atomic E-state index is 13.4. The molecule has 0 fully saturated rings. The lowest BCUT2D eigenvalue weighted by Crippen LogP contribution is -2.10. The molecule has 0 aliphatic carbocycles. The Morgan fingerprint density at radius 1 is 1.53 bits per heavy atom. The summed E-state index contributed by atoms with van der Waals surface area (Å²) in [4.78, 5) is 12.1. The van der Waals surface area contributed by atoms with E-state index in [1.54, 1.807) is 6.07 Å². The topological polar surface area (TPSA) is 38.3 Å². The van der Waals surface area contributed by atoms with Crippen LogP contribution in [0.25, 0.3) is 0 Å². The Morgan fingerprint density at radius 3 is 3.07 bits per heavy atom. The SMILES string of the molecule is COc1cc2c(cc1F)NC(=O)CCS2. The third-order valence-electron chi connectivity index (χ3n) is 2.11. The summed E-state index contributed by atoms with van der Waals surface area (Å²) >= 11 is 1.52. The number of anilines is 1. The van der Waals surface area contributed by atoms with Crippen molar-refractivity contribution in [3.8, 4) is 5.75 Å². The summed E-state index contributed by atoms with van der Waals surface area (Å²) < 4.78 is 18.2. The van der Waals surface area contributed by atoms with E-state index < -0.39 is 5.82 Å². The second kappa shape index (κ2) is 4.10. The van der Waals surface area contributed by atoms with Gasteiger partial charge in [-0.15, -0.1) is 11.8 Å². The maximum Gasteiger partial charge on any atom is 0.225 e. The molecular weight excluding hydrogens is 217 g/mol. The van der Waals surface area contributed by atoms with Crippen molar-refractivity contribution in [1.29, 1.82) is 0 Å². The van der Waals surface area contributed by atoms with Gasteiger partial charge in [-0.2, -0.15) is 0 Å². The van der Waals surface area contributed by atoms with Crippen LogP contribution in [-0.4, -0.2) is 18.8 Å². The van der Waals surface area contributed by atoms with Gasteiger partial charge in [0.15, 0.2) is 11.6 Å². The molecule has 1 N–H and O–H groups in total. The summed E-state index contributed by atoms with van der Waals surface area (Å²) in [6.45, 7) is 0. The van der Waals surface area contributed by atoms with Crippen molar-refractivity contribution in [2.45, 2.75) is 11.3 Å². The Bertz CT molecular complexity index is 409. The van der Waals surface area contributed by atoms with Crippen molar-refractivity contribution in [1.82, 2.24) is 0 Å². The van der Waals surface area contributed by atoms with Gasteiger partial charge in [0.2, 0.25) is 5.91 Å². The van der Waals surface area contributed by atoms with Crippen LogP contribution >= 0.6 is 11.8 Å². The van der Waals surface area contributed by atoms with Crippen molar-refractivity contribution in [2.24, 2.45) is 0 Å². The van der Waals surface area contributed by atoms with E-state index in [0.717, 1.165) is 4.90 Å². The van der Waals surface area contributed by atoms with Gasteiger partial charge < -0.3 is 10.1 Å². The minimum atomic E-state index is -0.459. The van der Waals surface area contributed by atoms with Gasteiger partial charge in [0.25, 0.3) is 0 Å². The quantitative estimate of drug-likeness (QED) is 0.799. The van der Waals surface area contributed by atoms with Crippen LogP contribution in [0.5, 0.6) is 5.75 Å². The number of carbonyl (C=O) groups excluding carboxylic acids is 1. The predicted molar refractivity (Wildman–Crippen MR) is 56.9 cm³/mol. The number of amides is 1. The van der Waals surface area contributed by atoms with E-state index in [4.69, 9.17) is 4.74 Å². The van der Waals surface area contributed by atoms with Crippen LogP contribution < -0.4 is 10.1 Å². The van der Waals surface area contributed by atoms with Crippen LogP contribution in [0.15, 0.2) is 17.0 Å². The molecule has 15 heavy (non-hydrogen) atoms. The minimum Gasteiger partial charge on any atom is -0.494 e. The van der Waals surface area contributed by atoms with Crippen LogP contribution in [0.1, 0.15) is 6.42 Å². The Morgan fingerprint density at radius 2 is 2.33 bits per heavy atom. The van der Waals surface area contributed by atoms with Gasteiger partial charge in [0, 0.05) is 23.1 Å². The Labute approximate surface area is 91.0 Å².